The maximum Gasteiger partial charge on any atom is 0.126 e. The summed E-state index contributed by atoms with van der Waals surface area (Å²) in [5.41, 5.74) is 1.32. The van der Waals surface area contributed by atoms with Gasteiger partial charge in [0.15, 0.2) is 0 Å². The number of hydrogen-bond acceptors (Lipinski definition) is 2. The summed E-state index contributed by atoms with van der Waals surface area (Å²) in [7, 11) is 2.14. The van der Waals surface area contributed by atoms with Crippen LogP contribution in [-0.4, -0.2) is 24.6 Å². The Kier molecular flexibility index (Phi) is 5.29. The lowest BCUT2D eigenvalue weighted by molar-refractivity contribution is 0.148. The van der Waals surface area contributed by atoms with E-state index < -0.39 is 0 Å². The summed E-state index contributed by atoms with van der Waals surface area (Å²) in [4.78, 5) is 2.32. The first-order valence-electron chi connectivity index (χ1n) is 8.35. The lowest BCUT2D eigenvalue weighted by atomic mass is 10.1. The molecule has 0 N–H and O–H groups in total. The molecule has 0 radical (unpaired) electrons. The van der Waals surface area contributed by atoms with Gasteiger partial charge in [-0.1, -0.05) is 36.4 Å². The standard InChI is InChI=1S/C20H24FNO/c1-22(15-16-6-3-2-4-7-16)13-12-20(17-10-11-17)23-19-9-5-8-18(21)14-19/h2-9,14,17,20H,10-13,15H2,1H3. The monoisotopic (exact) mass is 313 g/mol. The summed E-state index contributed by atoms with van der Waals surface area (Å²) < 4.78 is 19.4. The molecule has 1 unspecified atom stereocenters. The van der Waals surface area contributed by atoms with E-state index in [4.69, 9.17) is 4.74 Å². The third kappa shape index (κ3) is 5.07. The van der Waals surface area contributed by atoms with Crippen LogP contribution >= 0.6 is 0 Å². The van der Waals surface area contributed by atoms with E-state index in [9.17, 15) is 4.39 Å². The first-order valence-corrected chi connectivity index (χ1v) is 8.35. The Labute approximate surface area is 137 Å². The molecule has 3 rings (SSSR count). The molecule has 1 fully saturated rings. The van der Waals surface area contributed by atoms with Gasteiger partial charge in [0.2, 0.25) is 0 Å². The van der Waals surface area contributed by atoms with Crippen LogP contribution < -0.4 is 4.74 Å². The highest BCUT2D eigenvalue weighted by Gasteiger charge is 2.32. The van der Waals surface area contributed by atoms with E-state index in [1.54, 1.807) is 6.07 Å². The summed E-state index contributed by atoms with van der Waals surface area (Å²) in [6.45, 7) is 1.92. The molecule has 0 aromatic heterocycles. The van der Waals surface area contributed by atoms with E-state index in [-0.39, 0.29) is 11.9 Å². The summed E-state index contributed by atoms with van der Waals surface area (Å²) in [6.07, 6.45) is 3.62. The van der Waals surface area contributed by atoms with Crippen LogP contribution in [0.5, 0.6) is 5.75 Å². The molecule has 1 aliphatic rings. The van der Waals surface area contributed by atoms with Crippen LogP contribution in [0.25, 0.3) is 0 Å². The molecule has 0 amide bonds. The Morgan fingerprint density at radius 1 is 1.13 bits per heavy atom. The third-order valence-corrected chi connectivity index (χ3v) is 4.32. The number of nitrogens with zero attached hydrogens (tertiary/aromatic N) is 1. The average Bonchev–Trinajstić information content (AvgIpc) is 3.37. The van der Waals surface area contributed by atoms with E-state index in [0.29, 0.717) is 11.7 Å². The van der Waals surface area contributed by atoms with Gasteiger partial charge in [-0.15, -0.1) is 0 Å². The molecule has 1 atom stereocenters. The fraction of sp³-hybridized carbons (Fsp3) is 0.400. The largest absolute Gasteiger partial charge is 0.490 e. The van der Waals surface area contributed by atoms with Crippen LogP contribution in [-0.2, 0) is 6.54 Å². The number of rotatable bonds is 8. The molecule has 2 aromatic carbocycles. The zero-order valence-electron chi connectivity index (χ0n) is 13.6. The van der Waals surface area contributed by atoms with Gasteiger partial charge in [-0.2, -0.15) is 0 Å². The average molecular weight is 313 g/mol. The lowest BCUT2D eigenvalue weighted by Gasteiger charge is -2.23. The number of hydrogen-bond donors (Lipinski definition) is 0. The van der Waals surface area contributed by atoms with Crippen molar-refractivity contribution in [2.75, 3.05) is 13.6 Å². The smallest absolute Gasteiger partial charge is 0.126 e. The highest BCUT2D eigenvalue weighted by molar-refractivity contribution is 5.23. The zero-order chi connectivity index (χ0) is 16.1. The molecule has 0 spiro atoms. The number of halogens is 1. The van der Waals surface area contributed by atoms with Gasteiger partial charge in [-0.3, -0.25) is 0 Å². The second-order valence-corrected chi connectivity index (χ2v) is 6.46. The van der Waals surface area contributed by atoms with Gasteiger partial charge in [-0.05, 0) is 49.9 Å². The Hall–Kier alpha value is -1.87. The Morgan fingerprint density at radius 2 is 1.91 bits per heavy atom. The number of ether oxygens (including phenoxy) is 1. The summed E-state index contributed by atoms with van der Waals surface area (Å²) >= 11 is 0. The van der Waals surface area contributed by atoms with Crippen molar-refractivity contribution < 1.29 is 9.13 Å². The van der Waals surface area contributed by atoms with Gasteiger partial charge in [0, 0.05) is 19.2 Å². The van der Waals surface area contributed by atoms with Crippen molar-refractivity contribution in [2.45, 2.75) is 31.9 Å². The van der Waals surface area contributed by atoms with Crippen LogP contribution in [0.2, 0.25) is 0 Å². The maximum absolute atomic E-state index is 13.3. The molecule has 1 saturated carbocycles. The van der Waals surface area contributed by atoms with Gasteiger partial charge in [-0.25, -0.2) is 4.39 Å². The van der Waals surface area contributed by atoms with Crippen LogP contribution in [0.4, 0.5) is 4.39 Å². The normalized spacial score (nSPS) is 15.6. The fourth-order valence-electron chi connectivity index (χ4n) is 2.90. The molecule has 2 nitrogen and oxygen atoms in total. The predicted molar refractivity (Wildman–Crippen MR) is 90.9 cm³/mol. The first kappa shape index (κ1) is 16.0. The van der Waals surface area contributed by atoms with Crippen molar-refractivity contribution in [1.29, 1.82) is 0 Å². The topological polar surface area (TPSA) is 12.5 Å². The van der Waals surface area contributed by atoms with Crippen LogP contribution in [0.3, 0.4) is 0 Å². The lowest BCUT2D eigenvalue weighted by Crippen LogP contribution is -2.27. The Bertz CT molecular complexity index is 612. The summed E-state index contributed by atoms with van der Waals surface area (Å²) in [6, 6.07) is 17.0. The third-order valence-electron chi connectivity index (χ3n) is 4.32. The zero-order valence-corrected chi connectivity index (χ0v) is 13.6. The van der Waals surface area contributed by atoms with E-state index >= 15 is 0 Å². The van der Waals surface area contributed by atoms with Crippen LogP contribution in [0.1, 0.15) is 24.8 Å². The van der Waals surface area contributed by atoms with Gasteiger partial charge >= 0.3 is 0 Å². The van der Waals surface area contributed by atoms with E-state index in [0.717, 1.165) is 19.5 Å². The molecular formula is C20H24FNO. The van der Waals surface area contributed by atoms with Crippen LogP contribution in [0.15, 0.2) is 54.6 Å². The second-order valence-electron chi connectivity index (χ2n) is 6.46. The molecule has 23 heavy (non-hydrogen) atoms. The van der Waals surface area contributed by atoms with Gasteiger partial charge < -0.3 is 9.64 Å². The molecule has 0 bridgehead atoms. The molecule has 0 saturated heterocycles. The molecule has 2 aromatic rings. The highest BCUT2D eigenvalue weighted by atomic mass is 19.1. The van der Waals surface area contributed by atoms with Crippen LogP contribution in [0, 0.1) is 11.7 Å². The molecule has 0 aliphatic heterocycles. The van der Waals surface area contributed by atoms with Gasteiger partial charge in [0.25, 0.3) is 0 Å². The SMILES string of the molecule is CN(CCC(Oc1cccc(F)c1)C1CC1)Cc1ccccc1. The van der Waals surface area contributed by atoms with Gasteiger partial charge in [0.05, 0.1) is 0 Å². The minimum atomic E-state index is -0.238. The van der Waals surface area contributed by atoms with Crippen molar-refractivity contribution in [3.8, 4) is 5.75 Å². The Morgan fingerprint density at radius 3 is 2.61 bits per heavy atom. The molecule has 0 heterocycles. The van der Waals surface area contributed by atoms with E-state index in [2.05, 4.69) is 36.2 Å². The number of benzene rings is 2. The summed E-state index contributed by atoms with van der Waals surface area (Å²) in [5.74, 6) is 1.04. The fourth-order valence-corrected chi connectivity index (χ4v) is 2.90. The van der Waals surface area contributed by atoms with E-state index in [1.807, 2.05) is 12.1 Å². The van der Waals surface area contributed by atoms with E-state index in [1.165, 1.54) is 30.5 Å². The molecule has 122 valence electrons. The van der Waals surface area contributed by atoms with Gasteiger partial charge in [0.1, 0.15) is 17.7 Å². The van der Waals surface area contributed by atoms with Crippen molar-refractivity contribution >= 4 is 0 Å². The Balaban J connectivity index is 1.51. The highest BCUT2D eigenvalue weighted by Crippen LogP contribution is 2.36. The predicted octanol–water partition coefficient (Wildman–Crippen LogP) is 4.51. The minimum absolute atomic E-state index is 0.190. The van der Waals surface area contributed by atoms with Crippen molar-refractivity contribution in [3.05, 3.63) is 66.0 Å². The molecule has 3 heteroatoms. The summed E-state index contributed by atoms with van der Waals surface area (Å²) in [5, 5.41) is 0. The maximum atomic E-state index is 13.3. The molecule has 1 aliphatic carbocycles. The first-order chi connectivity index (χ1) is 11.2. The molecular weight excluding hydrogens is 289 g/mol. The second kappa shape index (κ2) is 7.60. The van der Waals surface area contributed by atoms with Crippen molar-refractivity contribution in [2.24, 2.45) is 5.92 Å². The van der Waals surface area contributed by atoms with Crippen molar-refractivity contribution in [3.63, 3.8) is 0 Å². The quantitative estimate of drug-likeness (QED) is 0.711. The van der Waals surface area contributed by atoms with Crippen molar-refractivity contribution in [1.82, 2.24) is 4.90 Å². The minimum Gasteiger partial charge on any atom is -0.490 e.